The van der Waals surface area contributed by atoms with E-state index < -0.39 is 40.9 Å². The maximum Gasteiger partial charge on any atom is 0.416 e. The molecule has 2 aliphatic carbocycles. The first-order valence-electron chi connectivity index (χ1n) is 21.2. The lowest BCUT2D eigenvalue weighted by Gasteiger charge is -2.59. The summed E-state index contributed by atoms with van der Waals surface area (Å²) in [5.41, 5.74) is 2.48. The number of aromatic hydroxyl groups is 1. The van der Waals surface area contributed by atoms with Crippen LogP contribution in [0.2, 0.25) is 0 Å². The Labute approximate surface area is 354 Å². The summed E-state index contributed by atoms with van der Waals surface area (Å²) < 4.78 is 40.4. The zero-order chi connectivity index (χ0) is 42.9. The van der Waals surface area contributed by atoms with Crippen LogP contribution in [0.3, 0.4) is 0 Å². The number of nitrogens with zero attached hydrogens (tertiary/aromatic N) is 3. The maximum absolute atomic E-state index is 14.9. The first-order chi connectivity index (χ1) is 29.6. The van der Waals surface area contributed by atoms with Crippen molar-refractivity contribution in [2.24, 2.45) is 22.9 Å². The maximum atomic E-state index is 14.9. The van der Waals surface area contributed by atoms with E-state index in [4.69, 9.17) is 28.9 Å². The number of ether oxygens (including phenoxy) is 4. The second kappa shape index (κ2) is 20.0. The molecule has 4 aliphatic rings. The topological polar surface area (TPSA) is 183 Å². The fraction of sp³-hybridized carbons (Fsp3) is 0.478. The highest BCUT2D eigenvalue weighted by Gasteiger charge is 2.65. The molecule has 0 radical (unpaired) electrons. The van der Waals surface area contributed by atoms with Gasteiger partial charge in [-0.25, -0.2) is 9.18 Å². The van der Waals surface area contributed by atoms with Crippen LogP contribution in [0.1, 0.15) is 81.3 Å². The van der Waals surface area contributed by atoms with E-state index >= 15 is 0 Å². The van der Waals surface area contributed by atoms with Crippen LogP contribution in [0.5, 0.6) is 17.2 Å². The van der Waals surface area contributed by atoms with Crippen molar-refractivity contribution < 1.29 is 53.2 Å². The number of nitro benzene ring substituents is 1. The summed E-state index contributed by atoms with van der Waals surface area (Å²) >= 11 is 0. The number of amides is 1. The molecule has 2 heterocycles. The molecule has 7 rings (SSSR count). The van der Waals surface area contributed by atoms with E-state index in [2.05, 4.69) is 12.7 Å². The van der Waals surface area contributed by atoms with Gasteiger partial charge in [0.2, 0.25) is 12.1 Å². The van der Waals surface area contributed by atoms with Crippen LogP contribution < -0.4 is 9.47 Å². The summed E-state index contributed by atoms with van der Waals surface area (Å²) in [4.78, 5) is 33.4. The number of non-ortho nitro benzene ring substituents is 1. The summed E-state index contributed by atoms with van der Waals surface area (Å²) in [6.07, 6.45) is 9.00. The van der Waals surface area contributed by atoms with Crippen LogP contribution in [-0.4, -0.2) is 81.5 Å². The largest absolute Gasteiger partial charge is 0.508 e. The number of carbonyl (C=O) groups is 1. The molecule has 3 aromatic carbocycles. The van der Waals surface area contributed by atoms with Crippen molar-refractivity contribution in [2.75, 3.05) is 26.4 Å². The number of fused-ring (bicyclic) bond motifs is 2. The Morgan fingerprint density at radius 3 is 2.48 bits per heavy atom. The summed E-state index contributed by atoms with van der Waals surface area (Å²) in [5, 5.41) is 47.0. The minimum absolute atomic E-state index is 0.0101. The van der Waals surface area contributed by atoms with Crippen LogP contribution in [-0.2, 0) is 20.9 Å². The average molecular weight is 844 g/mol. The Kier molecular flexibility index (Phi) is 14.3. The van der Waals surface area contributed by atoms with E-state index in [0.717, 1.165) is 36.8 Å². The predicted octanol–water partition coefficient (Wildman–Crippen LogP) is 8.30. The van der Waals surface area contributed by atoms with Gasteiger partial charge in [-0.05, 0) is 104 Å². The Hall–Kier alpha value is -5.35. The Bertz CT molecular complexity index is 2060. The van der Waals surface area contributed by atoms with E-state index in [1.807, 2.05) is 0 Å². The molecule has 3 N–H and O–H groups in total. The van der Waals surface area contributed by atoms with Gasteiger partial charge in [0, 0.05) is 56.2 Å². The zero-order valence-corrected chi connectivity index (χ0v) is 34.1. The van der Waals surface area contributed by atoms with Gasteiger partial charge in [-0.1, -0.05) is 42.3 Å². The highest BCUT2D eigenvalue weighted by atomic mass is 19.1. The highest BCUT2D eigenvalue weighted by molar-refractivity contribution is 6.03. The number of hydrogen-bond acceptors (Lipinski definition) is 12. The van der Waals surface area contributed by atoms with Crippen LogP contribution in [0.4, 0.5) is 14.9 Å². The average Bonchev–Trinajstić information content (AvgIpc) is 3.26. The van der Waals surface area contributed by atoms with Crippen molar-refractivity contribution in [1.82, 2.24) is 4.90 Å². The van der Waals surface area contributed by atoms with Crippen molar-refractivity contribution in [2.45, 2.75) is 94.8 Å². The molecule has 15 heteroatoms. The number of aliphatic hydroxyl groups is 2. The molecular formula is C46H54FN3O11. The molecule has 326 valence electrons. The fourth-order valence-electron chi connectivity index (χ4n) is 9.46. The molecule has 7 unspecified atom stereocenters. The molecule has 0 bridgehead atoms. The molecule has 61 heavy (non-hydrogen) atoms. The molecule has 0 spiro atoms. The Balaban J connectivity index is 1.44. The fourth-order valence-corrected chi connectivity index (χ4v) is 9.46. The van der Waals surface area contributed by atoms with Crippen LogP contribution in [0.25, 0.3) is 0 Å². The van der Waals surface area contributed by atoms with Crippen molar-refractivity contribution in [3.8, 4) is 17.2 Å². The predicted molar refractivity (Wildman–Crippen MR) is 222 cm³/mol. The monoisotopic (exact) mass is 843 g/mol. The summed E-state index contributed by atoms with van der Waals surface area (Å²) in [6, 6.07) is 14.9. The lowest BCUT2D eigenvalue weighted by molar-refractivity contribution is -0.384. The molecular weight excluding hydrogens is 790 g/mol. The summed E-state index contributed by atoms with van der Waals surface area (Å²) in [6.45, 7) is 4.48. The Morgan fingerprint density at radius 2 is 1.79 bits per heavy atom. The van der Waals surface area contributed by atoms with E-state index in [-0.39, 0.29) is 67.7 Å². The van der Waals surface area contributed by atoms with Gasteiger partial charge in [-0.3, -0.25) is 15.0 Å². The van der Waals surface area contributed by atoms with E-state index in [1.165, 1.54) is 41.3 Å². The molecule has 7 atom stereocenters. The normalized spacial score (nSPS) is 26.0. The molecule has 2 aliphatic heterocycles. The third kappa shape index (κ3) is 9.75. The number of halogens is 1. The number of hydrogen-bond donors (Lipinski definition) is 3. The van der Waals surface area contributed by atoms with E-state index in [1.54, 1.807) is 36.4 Å². The van der Waals surface area contributed by atoms with E-state index in [0.29, 0.717) is 55.7 Å². The van der Waals surface area contributed by atoms with Gasteiger partial charge in [0.1, 0.15) is 29.1 Å². The highest BCUT2D eigenvalue weighted by Crippen LogP contribution is 2.62. The lowest BCUT2D eigenvalue weighted by Crippen LogP contribution is -2.70. The second-order valence-electron chi connectivity index (χ2n) is 16.1. The Morgan fingerprint density at radius 1 is 1.03 bits per heavy atom. The molecule has 2 fully saturated rings. The third-order valence-corrected chi connectivity index (χ3v) is 12.2. The number of rotatable bonds is 18. The standard InChI is InChI=1S/C46H54FN3O11/c1-2-24-58-46-41(49(29-30-12-14-32(47)15-13-30)45(54)59-35-19-16-33(17-20-35)50(55)56)28-39(48-61-42-11-5-8-25-57-42)37-26-31(9-3-6-22-51)36(10-4-7-23-52)43(44(37)46)38-27-34(53)18-21-40(38)60-46/h2,12-21,26-27,31,36,41-44,51-53H,1,3-11,22-25,28-29H2. The number of oxime groups is 1. The molecule has 14 nitrogen and oxygen atoms in total. The molecule has 1 saturated carbocycles. The number of allylic oxidation sites excluding steroid dienone is 1. The van der Waals surface area contributed by atoms with Gasteiger partial charge in [0.05, 0.1) is 29.8 Å². The number of unbranched alkanes of at least 4 members (excludes halogenated alkanes) is 2. The van der Waals surface area contributed by atoms with E-state index in [9.17, 15) is 34.6 Å². The molecule has 1 saturated heterocycles. The smallest absolute Gasteiger partial charge is 0.416 e. The van der Waals surface area contributed by atoms with Gasteiger partial charge < -0.3 is 39.1 Å². The summed E-state index contributed by atoms with van der Waals surface area (Å²) in [7, 11) is 0. The lowest BCUT2D eigenvalue weighted by atomic mass is 9.55. The number of aliphatic hydroxyl groups excluding tert-OH is 2. The van der Waals surface area contributed by atoms with Gasteiger partial charge in [-0.15, -0.1) is 6.58 Å². The van der Waals surface area contributed by atoms with Crippen molar-refractivity contribution in [3.05, 3.63) is 118 Å². The minimum atomic E-state index is -1.64. The number of carbonyl (C=O) groups excluding carboxylic acids is 1. The van der Waals surface area contributed by atoms with Crippen molar-refractivity contribution in [1.29, 1.82) is 0 Å². The van der Waals surface area contributed by atoms with Crippen LogP contribution >= 0.6 is 0 Å². The van der Waals surface area contributed by atoms with Gasteiger partial charge in [0.25, 0.3) is 5.69 Å². The molecule has 0 aromatic heterocycles. The minimum Gasteiger partial charge on any atom is -0.508 e. The third-order valence-electron chi connectivity index (χ3n) is 12.2. The second-order valence-corrected chi connectivity index (χ2v) is 16.1. The van der Waals surface area contributed by atoms with Crippen LogP contribution in [0.15, 0.2) is 96.2 Å². The first-order valence-corrected chi connectivity index (χ1v) is 21.2. The first kappa shape index (κ1) is 43.7. The molecule has 1 amide bonds. The molecule has 3 aromatic rings. The van der Waals surface area contributed by atoms with Gasteiger partial charge >= 0.3 is 6.09 Å². The van der Waals surface area contributed by atoms with Crippen molar-refractivity contribution >= 4 is 17.5 Å². The number of benzene rings is 3. The van der Waals surface area contributed by atoms with Gasteiger partial charge in [-0.2, -0.15) is 0 Å². The number of phenolic OH excluding ortho intramolecular Hbond substituents is 1. The quantitative estimate of drug-likeness (QED) is 0.0485. The number of phenols is 1. The van der Waals surface area contributed by atoms with Crippen LogP contribution in [0, 0.1) is 33.7 Å². The summed E-state index contributed by atoms with van der Waals surface area (Å²) in [5.74, 6) is -2.69. The SMILES string of the molecule is C=CCOC12Oc3ccc(O)cc3C3C(CCCCO)C(CCCCO)C=C(C(=NOC4CCCCO4)CC1N(Cc1ccc(F)cc1)C(=O)Oc1ccc([N+](=O)[O-])cc1)C32. The van der Waals surface area contributed by atoms with Gasteiger partial charge in [0.15, 0.2) is 0 Å². The van der Waals surface area contributed by atoms with Crippen molar-refractivity contribution in [3.63, 3.8) is 0 Å². The zero-order valence-electron chi connectivity index (χ0n) is 34.1. The number of nitro groups is 1.